The summed E-state index contributed by atoms with van der Waals surface area (Å²) in [4.78, 5) is 4.05. The van der Waals surface area contributed by atoms with E-state index in [1.807, 2.05) is 24.5 Å². The van der Waals surface area contributed by atoms with Crippen LogP contribution in [-0.2, 0) is 6.54 Å². The Bertz CT molecular complexity index is 686. The highest BCUT2D eigenvalue weighted by molar-refractivity contribution is 5.65. The van der Waals surface area contributed by atoms with Crippen molar-refractivity contribution in [3.05, 3.63) is 84.2 Å². The Kier molecular flexibility index (Phi) is 3.97. The number of anilines is 1. The van der Waals surface area contributed by atoms with E-state index in [1.54, 1.807) is 0 Å². The molecule has 0 spiro atoms. The van der Waals surface area contributed by atoms with Crippen LogP contribution in [0.4, 0.5) is 5.69 Å². The third-order valence-electron chi connectivity index (χ3n) is 3.52. The number of rotatable bonds is 4. The molecule has 0 atom stereocenters. The molecule has 2 aromatic carbocycles. The molecule has 104 valence electrons. The van der Waals surface area contributed by atoms with E-state index in [-0.39, 0.29) is 0 Å². The maximum Gasteiger partial charge on any atom is 0.0400 e. The molecule has 21 heavy (non-hydrogen) atoms. The van der Waals surface area contributed by atoms with Gasteiger partial charge in [-0.05, 0) is 47.9 Å². The van der Waals surface area contributed by atoms with E-state index in [9.17, 15) is 0 Å². The van der Waals surface area contributed by atoms with Crippen LogP contribution < -0.4 is 5.32 Å². The lowest BCUT2D eigenvalue weighted by Crippen LogP contribution is -1.99. The normalized spacial score (nSPS) is 10.3. The number of aryl methyl sites for hydroxylation is 1. The molecular formula is C19H18N2. The van der Waals surface area contributed by atoms with Crippen LogP contribution in [0.15, 0.2) is 73.1 Å². The fourth-order valence-electron chi connectivity index (χ4n) is 2.23. The topological polar surface area (TPSA) is 24.9 Å². The van der Waals surface area contributed by atoms with Crippen LogP contribution in [0.5, 0.6) is 0 Å². The zero-order chi connectivity index (χ0) is 14.5. The molecule has 0 saturated heterocycles. The first kappa shape index (κ1) is 13.4. The molecule has 0 aliphatic carbocycles. The minimum absolute atomic E-state index is 0.842. The minimum Gasteiger partial charge on any atom is -0.381 e. The van der Waals surface area contributed by atoms with Gasteiger partial charge in [0.05, 0.1) is 0 Å². The molecule has 0 radical (unpaired) electrons. The van der Waals surface area contributed by atoms with Gasteiger partial charge in [0.15, 0.2) is 0 Å². The van der Waals surface area contributed by atoms with Crippen LogP contribution in [-0.4, -0.2) is 4.98 Å². The summed E-state index contributed by atoms with van der Waals surface area (Å²) < 4.78 is 0. The van der Waals surface area contributed by atoms with Crippen LogP contribution >= 0.6 is 0 Å². The van der Waals surface area contributed by atoms with Gasteiger partial charge in [0.2, 0.25) is 0 Å². The first-order valence-corrected chi connectivity index (χ1v) is 7.11. The highest BCUT2D eigenvalue weighted by Crippen LogP contribution is 2.20. The average molecular weight is 274 g/mol. The molecule has 2 nitrogen and oxygen atoms in total. The number of hydrogen-bond donors (Lipinski definition) is 1. The lowest BCUT2D eigenvalue weighted by molar-refractivity contribution is 1.14. The number of hydrogen-bond acceptors (Lipinski definition) is 2. The molecular weight excluding hydrogens is 256 g/mol. The molecule has 1 N–H and O–H groups in total. The first-order chi connectivity index (χ1) is 10.3. The van der Waals surface area contributed by atoms with Crippen LogP contribution in [0.25, 0.3) is 11.1 Å². The molecule has 0 aliphatic rings. The van der Waals surface area contributed by atoms with E-state index in [4.69, 9.17) is 0 Å². The van der Waals surface area contributed by atoms with Crippen molar-refractivity contribution >= 4 is 5.69 Å². The van der Waals surface area contributed by atoms with Gasteiger partial charge >= 0.3 is 0 Å². The summed E-state index contributed by atoms with van der Waals surface area (Å²) in [6, 6.07) is 21.1. The zero-order valence-corrected chi connectivity index (χ0v) is 12.1. The van der Waals surface area contributed by atoms with Crippen molar-refractivity contribution in [2.24, 2.45) is 0 Å². The van der Waals surface area contributed by atoms with E-state index in [1.165, 1.54) is 22.3 Å². The molecule has 3 rings (SSSR count). The summed E-state index contributed by atoms with van der Waals surface area (Å²) in [6.07, 6.45) is 3.64. The largest absolute Gasteiger partial charge is 0.381 e. The molecule has 0 saturated carbocycles. The van der Waals surface area contributed by atoms with Crippen LogP contribution in [0.1, 0.15) is 11.1 Å². The second kappa shape index (κ2) is 6.23. The third kappa shape index (κ3) is 3.48. The molecule has 2 heteroatoms. The third-order valence-corrected chi connectivity index (χ3v) is 3.52. The fourth-order valence-corrected chi connectivity index (χ4v) is 2.23. The molecule has 0 unspecified atom stereocenters. The van der Waals surface area contributed by atoms with E-state index in [2.05, 4.69) is 65.8 Å². The van der Waals surface area contributed by atoms with Crippen molar-refractivity contribution in [2.75, 3.05) is 5.32 Å². The van der Waals surface area contributed by atoms with Gasteiger partial charge in [0.1, 0.15) is 0 Å². The number of nitrogens with one attached hydrogen (secondary N) is 1. The molecule has 0 bridgehead atoms. The SMILES string of the molecule is Cc1ccc(CNc2ccc(-c3ccncc3)cc2)cc1. The fraction of sp³-hybridized carbons (Fsp3) is 0.105. The van der Waals surface area contributed by atoms with Crippen molar-refractivity contribution in [3.63, 3.8) is 0 Å². The van der Waals surface area contributed by atoms with E-state index >= 15 is 0 Å². The summed E-state index contributed by atoms with van der Waals surface area (Å²) in [6.45, 7) is 2.95. The lowest BCUT2D eigenvalue weighted by Gasteiger charge is -2.08. The Morgan fingerprint density at radius 1 is 0.762 bits per heavy atom. The summed E-state index contributed by atoms with van der Waals surface area (Å²) in [5, 5.41) is 3.45. The number of aromatic nitrogens is 1. The van der Waals surface area contributed by atoms with Crippen molar-refractivity contribution in [2.45, 2.75) is 13.5 Å². The van der Waals surface area contributed by atoms with Gasteiger partial charge in [-0.25, -0.2) is 0 Å². The Labute approximate surface area is 125 Å². The standard InChI is InChI=1S/C19H18N2/c1-15-2-4-16(5-3-15)14-21-19-8-6-17(7-9-19)18-10-12-20-13-11-18/h2-13,21H,14H2,1H3. The molecule has 1 heterocycles. The predicted molar refractivity (Wildman–Crippen MR) is 88.2 cm³/mol. The van der Waals surface area contributed by atoms with Gasteiger partial charge in [-0.1, -0.05) is 42.0 Å². The highest BCUT2D eigenvalue weighted by Gasteiger charge is 1.98. The lowest BCUT2D eigenvalue weighted by atomic mass is 10.1. The molecule has 1 aromatic heterocycles. The number of benzene rings is 2. The van der Waals surface area contributed by atoms with E-state index in [0.717, 1.165) is 12.2 Å². The molecule has 0 amide bonds. The average Bonchev–Trinajstić information content (AvgIpc) is 2.56. The highest BCUT2D eigenvalue weighted by atomic mass is 14.9. The summed E-state index contributed by atoms with van der Waals surface area (Å²) in [5.41, 5.74) is 6.11. The predicted octanol–water partition coefficient (Wildman–Crippen LogP) is 4.67. The van der Waals surface area contributed by atoms with Gasteiger partial charge in [-0.3, -0.25) is 4.98 Å². The van der Waals surface area contributed by atoms with Gasteiger partial charge in [-0.2, -0.15) is 0 Å². The second-order valence-corrected chi connectivity index (χ2v) is 5.15. The van der Waals surface area contributed by atoms with Gasteiger partial charge in [0, 0.05) is 24.6 Å². The van der Waals surface area contributed by atoms with Gasteiger partial charge in [0.25, 0.3) is 0 Å². The van der Waals surface area contributed by atoms with E-state index in [0.29, 0.717) is 0 Å². The monoisotopic (exact) mass is 274 g/mol. The smallest absolute Gasteiger partial charge is 0.0400 e. The Hall–Kier alpha value is -2.61. The Morgan fingerprint density at radius 3 is 2.05 bits per heavy atom. The Balaban J connectivity index is 1.66. The van der Waals surface area contributed by atoms with Crippen molar-refractivity contribution in [3.8, 4) is 11.1 Å². The van der Waals surface area contributed by atoms with E-state index < -0.39 is 0 Å². The summed E-state index contributed by atoms with van der Waals surface area (Å²) in [7, 11) is 0. The van der Waals surface area contributed by atoms with Crippen molar-refractivity contribution < 1.29 is 0 Å². The molecule has 0 fully saturated rings. The van der Waals surface area contributed by atoms with Crippen LogP contribution in [0.2, 0.25) is 0 Å². The van der Waals surface area contributed by atoms with Crippen molar-refractivity contribution in [1.29, 1.82) is 0 Å². The Morgan fingerprint density at radius 2 is 1.38 bits per heavy atom. The minimum atomic E-state index is 0.842. The maximum absolute atomic E-state index is 4.05. The van der Waals surface area contributed by atoms with Crippen molar-refractivity contribution in [1.82, 2.24) is 4.98 Å². The van der Waals surface area contributed by atoms with Gasteiger partial charge < -0.3 is 5.32 Å². The summed E-state index contributed by atoms with van der Waals surface area (Å²) in [5.74, 6) is 0. The molecule has 0 aliphatic heterocycles. The number of nitrogens with zero attached hydrogens (tertiary/aromatic N) is 1. The van der Waals surface area contributed by atoms with Gasteiger partial charge in [-0.15, -0.1) is 0 Å². The quantitative estimate of drug-likeness (QED) is 0.748. The first-order valence-electron chi connectivity index (χ1n) is 7.11. The second-order valence-electron chi connectivity index (χ2n) is 5.15. The summed E-state index contributed by atoms with van der Waals surface area (Å²) >= 11 is 0. The van der Waals surface area contributed by atoms with Crippen LogP contribution in [0, 0.1) is 6.92 Å². The zero-order valence-electron chi connectivity index (χ0n) is 12.1. The number of pyridine rings is 1. The van der Waals surface area contributed by atoms with Crippen LogP contribution in [0.3, 0.4) is 0 Å². The maximum atomic E-state index is 4.05. The molecule has 3 aromatic rings.